The zero-order valence-corrected chi connectivity index (χ0v) is 22.1. The van der Waals surface area contributed by atoms with Gasteiger partial charge in [0.2, 0.25) is 11.6 Å². The van der Waals surface area contributed by atoms with E-state index in [1.54, 1.807) is 18.2 Å². The molecule has 0 bridgehead atoms. The molecular weight excluding hydrogens is 548 g/mol. The lowest BCUT2D eigenvalue weighted by Crippen LogP contribution is -2.42. The molecule has 5 rings (SSSR count). The Morgan fingerprint density at radius 3 is 2.77 bits per heavy atom. The van der Waals surface area contributed by atoms with Gasteiger partial charge >= 0.3 is 13.7 Å². The van der Waals surface area contributed by atoms with Crippen LogP contribution in [-0.2, 0) is 18.6 Å². The van der Waals surface area contributed by atoms with Crippen LogP contribution in [-0.4, -0.2) is 72.3 Å². The summed E-state index contributed by atoms with van der Waals surface area (Å²) in [4.78, 5) is 24.0. The number of carbonyl (C=O) groups is 1. The summed E-state index contributed by atoms with van der Waals surface area (Å²) in [5, 5.41) is 25.6. The topological polar surface area (TPSA) is 196 Å². The summed E-state index contributed by atoms with van der Waals surface area (Å²) in [6.07, 6.45) is 3.62. The molecule has 0 spiro atoms. The molecular formula is C24H27FN7O7P. The molecule has 3 aromatic rings. The molecule has 6 atom stereocenters. The maximum atomic E-state index is 16.1. The molecule has 16 heteroatoms. The molecule has 14 nitrogen and oxygen atoms in total. The standard InChI is InChI=1S/C24H27FN7O7P/c1-3-24(25)18(33)16(11-37-40(36,31-13(2)21(34)35)39-15-7-5-4-6-8-15)38-22(24)32-12-27-17-19(28-14-9-10-14)29-23(26)30-20(17)32/h1,4-8,12-14,16,18,22,33H,9-11H2,2H3,(H,31,36)(H,34,35)(H3,26,28,29,30)/t13?,16-,18-,22-,24-,40?/m1/s1. The quantitative estimate of drug-likeness (QED) is 0.164. The fourth-order valence-corrected chi connectivity index (χ4v) is 5.62. The number of anilines is 2. The first-order chi connectivity index (χ1) is 19.0. The van der Waals surface area contributed by atoms with Gasteiger partial charge in [-0.25, -0.2) is 13.9 Å². The number of nitrogen functional groups attached to an aromatic ring is 1. The van der Waals surface area contributed by atoms with Crippen LogP contribution >= 0.6 is 7.75 Å². The van der Waals surface area contributed by atoms with Crippen molar-refractivity contribution in [3.05, 3.63) is 36.7 Å². The van der Waals surface area contributed by atoms with Crippen LogP contribution in [0.2, 0.25) is 0 Å². The van der Waals surface area contributed by atoms with Gasteiger partial charge in [-0.3, -0.25) is 13.9 Å². The van der Waals surface area contributed by atoms with Crippen molar-refractivity contribution in [1.29, 1.82) is 0 Å². The highest BCUT2D eigenvalue weighted by Crippen LogP contribution is 2.48. The molecule has 0 amide bonds. The number of nitrogens with two attached hydrogens (primary N) is 1. The minimum absolute atomic E-state index is 0.0985. The molecule has 1 saturated carbocycles. The number of aliphatic carboxylic acids is 1. The van der Waals surface area contributed by atoms with E-state index in [1.165, 1.54) is 30.0 Å². The summed E-state index contributed by atoms with van der Waals surface area (Å²) >= 11 is 0. The van der Waals surface area contributed by atoms with Crippen molar-refractivity contribution in [2.24, 2.45) is 0 Å². The number of carboxylic acid groups (broad SMARTS) is 1. The normalized spacial score (nSPS) is 26.6. The van der Waals surface area contributed by atoms with Gasteiger partial charge in [-0.2, -0.15) is 15.1 Å². The molecule has 1 aromatic carbocycles. The maximum absolute atomic E-state index is 16.1. The minimum Gasteiger partial charge on any atom is -0.480 e. The third-order valence-corrected chi connectivity index (χ3v) is 8.02. The van der Waals surface area contributed by atoms with E-state index in [4.69, 9.17) is 25.9 Å². The Balaban J connectivity index is 1.40. The number of benzene rings is 1. The number of rotatable bonds is 11. The molecule has 2 unspecified atom stereocenters. The number of nitrogens with one attached hydrogen (secondary N) is 2. The van der Waals surface area contributed by atoms with Gasteiger partial charge in [0.25, 0.3) is 0 Å². The predicted octanol–water partition coefficient (Wildman–Crippen LogP) is 1.85. The fraction of sp³-hybridized carbons (Fsp3) is 0.417. The summed E-state index contributed by atoms with van der Waals surface area (Å²) in [6, 6.07) is 6.74. The smallest absolute Gasteiger partial charge is 0.459 e. The minimum atomic E-state index is -4.38. The number of aliphatic hydroxyl groups excluding tert-OH is 1. The Morgan fingerprint density at radius 1 is 1.40 bits per heavy atom. The monoisotopic (exact) mass is 575 g/mol. The SMILES string of the molecule is C#C[C@@]1(F)[C@H](O)[C@@H](COP(=O)(NC(C)C(=O)O)Oc2ccccc2)O[C@H]1n1cnc2c(NC3CC3)nc(N)nc21. The third-order valence-electron chi connectivity index (χ3n) is 6.38. The van der Waals surface area contributed by atoms with Gasteiger partial charge in [0.15, 0.2) is 23.2 Å². The van der Waals surface area contributed by atoms with Crippen LogP contribution in [0.4, 0.5) is 16.2 Å². The Hall–Kier alpha value is -3.80. The van der Waals surface area contributed by atoms with Gasteiger partial charge in [-0.05, 0) is 31.9 Å². The van der Waals surface area contributed by atoms with E-state index in [1.807, 2.05) is 5.92 Å². The summed E-state index contributed by atoms with van der Waals surface area (Å²) < 4.78 is 47.5. The average molecular weight is 575 g/mol. The zero-order chi connectivity index (χ0) is 28.7. The van der Waals surface area contributed by atoms with Crippen LogP contribution < -0.4 is 20.7 Å². The van der Waals surface area contributed by atoms with Crippen LogP contribution in [0.5, 0.6) is 5.75 Å². The van der Waals surface area contributed by atoms with E-state index < -0.39 is 50.5 Å². The first-order valence-electron chi connectivity index (χ1n) is 12.3. The zero-order valence-electron chi connectivity index (χ0n) is 21.2. The molecule has 2 aliphatic rings. The molecule has 1 saturated heterocycles. The van der Waals surface area contributed by atoms with Crippen LogP contribution in [0.15, 0.2) is 36.7 Å². The molecule has 1 aliphatic heterocycles. The molecule has 3 heterocycles. The average Bonchev–Trinajstić information content (AvgIpc) is 3.58. The number of carboxylic acids is 1. The predicted molar refractivity (Wildman–Crippen MR) is 140 cm³/mol. The lowest BCUT2D eigenvalue weighted by Gasteiger charge is -2.24. The van der Waals surface area contributed by atoms with Crippen molar-refractivity contribution in [3.63, 3.8) is 0 Å². The number of halogens is 1. The van der Waals surface area contributed by atoms with E-state index >= 15 is 4.39 Å². The van der Waals surface area contributed by atoms with E-state index in [0.29, 0.717) is 11.3 Å². The van der Waals surface area contributed by atoms with E-state index in [0.717, 1.165) is 12.8 Å². The number of ether oxygens (including phenoxy) is 1. The number of hydrogen-bond acceptors (Lipinski definition) is 11. The van der Waals surface area contributed by atoms with Crippen LogP contribution in [0.1, 0.15) is 26.0 Å². The first-order valence-corrected chi connectivity index (χ1v) is 13.8. The van der Waals surface area contributed by atoms with Crippen molar-refractivity contribution < 1.29 is 37.7 Å². The van der Waals surface area contributed by atoms with E-state index in [9.17, 15) is 19.6 Å². The second kappa shape index (κ2) is 10.6. The lowest BCUT2D eigenvalue weighted by atomic mass is 9.97. The van der Waals surface area contributed by atoms with Crippen molar-refractivity contribution >= 4 is 36.6 Å². The number of aromatic nitrogens is 4. The number of fused-ring (bicyclic) bond motifs is 1. The molecule has 212 valence electrons. The number of imidazole rings is 1. The molecule has 1 aliphatic carbocycles. The third kappa shape index (κ3) is 5.45. The van der Waals surface area contributed by atoms with Gasteiger partial charge in [0.1, 0.15) is 24.0 Å². The van der Waals surface area contributed by atoms with Crippen molar-refractivity contribution in [3.8, 4) is 18.1 Å². The number of nitrogens with zero attached hydrogens (tertiary/aromatic N) is 4. The molecule has 2 fully saturated rings. The van der Waals surface area contributed by atoms with Crippen molar-refractivity contribution in [1.82, 2.24) is 24.6 Å². The van der Waals surface area contributed by atoms with Crippen molar-refractivity contribution in [2.45, 2.75) is 56.0 Å². The first kappa shape index (κ1) is 27.8. The molecule has 2 aromatic heterocycles. The summed E-state index contributed by atoms with van der Waals surface area (Å²) in [5.74, 6) is 1.01. The Kier molecular flexibility index (Phi) is 7.38. The lowest BCUT2D eigenvalue weighted by molar-refractivity contribution is -0.138. The number of hydrogen-bond donors (Lipinski definition) is 5. The van der Waals surface area contributed by atoms with Gasteiger partial charge in [0.05, 0.1) is 12.9 Å². The highest BCUT2D eigenvalue weighted by Gasteiger charge is 2.58. The van der Waals surface area contributed by atoms with Crippen LogP contribution in [0.25, 0.3) is 11.2 Å². The largest absolute Gasteiger partial charge is 0.480 e. The highest BCUT2D eigenvalue weighted by atomic mass is 31.2. The molecule has 0 radical (unpaired) electrons. The van der Waals surface area contributed by atoms with Gasteiger partial charge in [-0.1, -0.05) is 24.1 Å². The summed E-state index contributed by atoms with van der Waals surface area (Å²) in [7, 11) is -4.38. The number of terminal acetylenes is 1. The fourth-order valence-electron chi connectivity index (χ4n) is 4.11. The number of alkyl halides is 1. The van der Waals surface area contributed by atoms with E-state index in [2.05, 4.69) is 25.4 Å². The highest BCUT2D eigenvalue weighted by molar-refractivity contribution is 7.52. The number of aliphatic hydroxyl groups is 1. The number of para-hydroxylation sites is 1. The van der Waals surface area contributed by atoms with Crippen molar-refractivity contribution in [2.75, 3.05) is 17.7 Å². The second-order valence-corrected chi connectivity index (χ2v) is 11.1. The summed E-state index contributed by atoms with van der Waals surface area (Å²) in [6.45, 7) is 0.547. The van der Waals surface area contributed by atoms with E-state index in [-0.39, 0.29) is 23.4 Å². The van der Waals surface area contributed by atoms with Gasteiger partial charge < -0.3 is 30.5 Å². The van der Waals surface area contributed by atoms with Gasteiger partial charge in [0, 0.05) is 6.04 Å². The summed E-state index contributed by atoms with van der Waals surface area (Å²) in [5.41, 5.74) is 3.50. The molecule has 6 N–H and O–H groups in total. The Labute approximate surface area is 227 Å². The van der Waals surface area contributed by atoms with Crippen LogP contribution in [0.3, 0.4) is 0 Å². The second-order valence-electron chi connectivity index (χ2n) is 9.44. The maximum Gasteiger partial charge on any atom is 0.459 e. The molecule has 40 heavy (non-hydrogen) atoms. The Bertz CT molecular complexity index is 1500. The van der Waals surface area contributed by atoms with Gasteiger partial charge in [-0.15, -0.1) is 6.42 Å². The van der Waals surface area contributed by atoms with Crippen LogP contribution in [0, 0.1) is 12.3 Å². The Morgan fingerprint density at radius 2 is 2.12 bits per heavy atom.